The fourth-order valence-electron chi connectivity index (χ4n) is 3.12. The van der Waals surface area contributed by atoms with Crippen LogP contribution in [0.15, 0.2) is 48.7 Å². The Morgan fingerprint density at radius 2 is 1.90 bits per heavy atom. The van der Waals surface area contributed by atoms with Crippen LogP contribution >= 0.6 is 0 Å². The molecule has 1 aromatic heterocycles. The number of hydrogen-bond acceptors (Lipinski definition) is 2. The number of halogens is 4. The summed E-state index contributed by atoms with van der Waals surface area (Å²) in [5, 5.41) is 11.2. The molecule has 8 heteroatoms. The Kier molecular flexibility index (Phi) is 5.20. The summed E-state index contributed by atoms with van der Waals surface area (Å²) in [5.74, 6) is -1.09. The minimum atomic E-state index is -4.72. The number of aliphatic hydroxyl groups is 1. The molecular formula is C21H16F4N2O2. The highest BCUT2D eigenvalue weighted by atomic mass is 19.4. The second kappa shape index (κ2) is 7.33. The first-order chi connectivity index (χ1) is 13.5. The maximum absolute atomic E-state index is 13.3. The molecule has 1 atom stereocenters. The van der Waals surface area contributed by atoms with Crippen LogP contribution in [0.4, 0.5) is 23.2 Å². The van der Waals surface area contributed by atoms with Crippen LogP contribution in [0.1, 0.15) is 18.1 Å². The smallest absolute Gasteiger partial charge is 0.380 e. The summed E-state index contributed by atoms with van der Waals surface area (Å²) in [5.41, 5.74) is -2.87. The number of rotatable bonds is 5. The molecule has 0 aliphatic heterocycles. The summed E-state index contributed by atoms with van der Waals surface area (Å²) in [6, 6.07) is 8.77. The van der Waals surface area contributed by atoms with Crippen LogP contribution in [0.5, 0.6) is 0 Å². The van der Waals surface area contributed by atoms with Gasteiger partial charge in [-0.25, -0.2) is 9.24 Å². The maximum Gasteiger partial charge on any atom is 0.407 e. The molecule has 3 aromatic rings. The van der Waals surface area contributed by atoms with E-state index in [9.17, 15) is 27.5 Å². The van der Waals surface area contributed by atoms with Crippen molar-refractivity contribution in [3.63, 3.8) is 0 Å². The van der Waals surface area contributed by atoms with E-state index in [0.29, 0.717) is 10.9 Å². The normalized spacial score (nSPS) is 13.8. The molecule has 0 radical (unpaired) electrons. The largest absolute Gasteiger partial charge is 0.407 e. The van der Waals surface area contributed by atoms with Crippen LogP contribution in [0.3, 0.4) is 0 Å². The van der Waals surface area contributed by atoms with Crippen molar-refractivity contribution in [3.8, 4) is 0 Å². The standard InChI is InChI=1S/C21H16F4N2O2/c1-20(29,12-27-8-7-14-11-15(22)4-6-18(14)27)19(28)10-13-3-5-17(26-2)16(9-13)21(23,24)25/h3-9,11,29H,10,12H2,1H3/t20-/m0/s1. The Hall–Kier alpha value is -3.18. The van der Waals surface area contributed by atoms with Gasteiger partial charge in [-0.2, -0.15) is 13.2 Å². The maximum atomic E-state index is 13.3. The van der Waals surface area contributed by atoms with Crippen molar-refractivity contribution in [3.05, 3.63) is 77.0 Å². The van der Waals surface area contributed by atoms with Crippen LogP contribution in [0.2, 0.25) is 0 Å². The van der Waals surface area contributed by atoms with Gasteiger partial charge in [-0.3, -0.25) is 4.79 Å². The summed E-state index contributed by atoms with van der Waals surface area (Å²) >= 11 is 0. The third-order valence-electron chi connectivity index (χ3n) is 4.66. The highest BCUT2D eigenvalue weighted by Gasteiger charge is 2.35. The Morgan fingerprint density at radius 1 is 1.17 bits per heavy atom. The quantitative estimate of drug-likeness (QED) is 0.485. The number of ketones is 1. The lowest BCUT2D eigenvalue weighted by molar-refractivity contribution is -0.138. The van der Waals surface area contributed by atoms with Gasteiger partial charge >= 0.3 is 6.18 Å². The second-order valence-electron chi connectivity index (χ2n) is 6.98. The number of alkyl halides is 3. The van der Waals surface area contributed by atoms with E-state index in [-0.39, 0.29) is 12.1 Å². The van der Waals surface area contributed by atoms with Crippen molar-refractivity contribution in [2.45, 2.75) is 31.7 Å². The molecule has 0 unspecified atom stereocenters. The molecular weight excluding hydrogens is 388 g/mol. The van der Waals surface area contributed by atoms with Crippen molar-refractivity contribution < 1.29 is 27.5 Å². The van der Waals surface area contributed by atoms with Gasteiger partial charge in [0.25, 0.3) is 0 Å². The molecule has 0 saturated carbocycles. The zero-order valence-corrected chi connectivity index (χ0v) is 15.3. The first-order valence-electron chi connectivity index (χ1n) is 8.59. The highest BCUT2D eigenvalue weighted by Crippen LogP contribution is 2.37. The van der Waals surface area contributed by atoms with Gasteiger partial charge < -0.3 is 9.67 Å². The molecule has 0 bridgehead atoms. The van der Waals surface area contributed by atoms with Crippen LogP contribution < -0.4 is 0 Å². The van der Waals surface area contributed by atoms with E-state index < -0.39 is 41.0 Å². The number of carbonyl (C=O) groups excluding carboxylic acids is 1. The fraction of sp³-hybridized carbons (Fsp3) is 0.238. The number of hydrogen-bond donors (Lipinski definition) is 1. The summed E-state index contributed by atoms with van der Waals surface area (Å²) in [4.78, 5) is 15.5. The lowest BCUT2D eigenvalue weighted by atomic mass is 9.94. The highest BCUT2D eigenvalue weighted by molar-refractivity contribution is 5.89. The van der Waals surface area contributed by atoms with E-state index >= 15 is 0 Å². The topological polar surface area (TPSA) is 46.6 Å². The molecule has 0 fully saturated rings. The van der Waals surface area contributed by atoms with Crippen LogP contribution in [-0.4, -0.2) is 21.1 Å². The Labute approximate surface area is 163 Å². The van der Waals surface area contributed by atoms with E-state index in [1.165, 1.54) is 31.2 Å². The average Bonchev–Trinajstić information content (AvgIpc) is 3.02. The van der Waals surface area contributed by atoms with Crippen LogP contribution in [-0.2, 0) is 23.9 Å². The van der Waals surface area contributed by atoms with E-state index in [4.69, 9.17) is 6.57 Å². The summed E-state index contributed by atoms with van der Waals surface area (Å²) in [6.07, 6.45) is -3.55. The van der Waals surface area contributed by atoms with Gasteiger partial charge in [0.15, 0.2) is 11.5 Å². The van der Waals surface area contributed by atoms with E-state index in [2.05, 4.69) is 4.85 Å². The molecule has 1 N–H and O–H groups in total. The van der Waals surface area contributed by atoms with Gasteiger partial charge in [0, 0.05) is 23.5 Å². The van der Waals surface area contributed by atoms with Crippen molar-refractivity contribution in [1.82, 2.24) is 4.57 Å². The molecule has 0 saturated heterocycles. The van der Waals surface area contributed by atoms with Crippen molar-refractivity contribution in [2.75, 3.05) is 0 Å². The summed E-state index contributed by atoms with van der Waals surface area (Å²) in [7, 11) is 0. The van der Waals surface area contributed by atoms with E-state index in [0.717, 1.165) is 12.1 Å². The molecule has 150 valence electrons. The second-order valence-corrected chi connectivity index (χ2v) is 6.98. The lowest BCUT2D eigenvalue weighted by Crippen LogP contribution is -2.40. The summed E-state index contributed by atoms with van der Waals surface area (Å²) in [6.45, 7) is 7.99. The zero-order chi connectivity index (χ0) is 21.4. The monoisotopic (exact) mass is 404 g/mol. The minimum absolute atomic E-state index is 0.0504. The number of carbonyl (C=O) groups is 1. The van der Waals surface area contributed by atoms with E-state index in [1.807, 2.05) is 0 Å². The number of nitrogens with zero attached hydrogens (tertiary/aromatic N) is 2. The summed E-state index contributed by atoms with van der Waals surface area (Å²) < 4.78 is 54.2. The lowest BCUT2D eigenvalue weighted by Gasteiger charge is -2.23. The number of benzene rings is 2. The number of aromatic nitrogens is 1. The van der Waals surface area contributed by atoms with Crippen molar-refractivity contribution in [1.29, 1.82) is 0 Å². The van der Waals surface area contributed by atoms with E-state index in [1.54, 1.807) is 16.8 Å². The van der Waals surface area contributed by atoms with Gasteiger partial charge in [-0.1, -0.05) is 18.2 Å². The Balaban J connectivity index is 1.83. The fourth-order valence-corrected chi connectivity index (χ4v) is 3.12. The molecule has 0 aliphatic carbocycles. The minimum Gasteiger partial charge on any atom is -0.380 e. The zero-order valence-electron chi connectivity index (χ0n) is 15.3. The van der Waals surface area contributed by atoms with Gasteiger partial charge in [0.05, 0.1) is 18.7 Å². The number of fused-ring (bicyclic) bond motifs is 1. The first-order valence-corrected chi connectivity index (χ1v) is 8.59. The molecule has 0 amide bonds. The van der Waals surface area contributed by atoms with Gasteiger partial charge in [0.1, 0.15) is 11.4 Å². The van der Waals surface area contributed by atoms with Crippen LogP contribution in [0.25, 0.3) is 15.7 Å². The predicted octanol–water partition coefficient (Wildman–Crippen LogP) is 4.91. The SMILES string of the molecule is [C-]#[N+]c1ccc(CC(=O)[C@@](C)(O)Cn2ccc3cc(F)ccc32)cc1C(F)(F)F. The molecule has 3 rings (SSSR count). The van der Waals surface area contributed by atoms with Crippen molar-refractivity contribution >= 4 is 22.4 Å². The molecule has 0 aliphatic rings. The third kappa shape index (κ3) is 4.30. The average molecular weight is 404 g/mol. The molecule has 0 spiro atoms. The molecule has 29 heavy (non-hydrogen) atoms. The first kappa shape index (κ1) is 20.6. The molecule has 1 heterocycles. The molecule has 4 nitrogen and oxygen atoms in total. The number of Topliss-reactive ketones (excluding diaryl/α,β-unsaturated/α-hetero) is 1. The molecule has 2 aromatic carbocycles. The van der Waals surface area contributed by atoms with Gasteiger partial charge in [-0.15, -0.1) is 0 Å². The van der Waals surface area contributed by atoms with Gasteiger partial charge in [0.2, 0.25) is 0 Å². The van der Waals surface area contributed by atoms with Crippen molar-refractivity contribution in [2.24, 2.45) is 0 Å². The van der Waals surface area contributed by atoms with Crippen LogP contribution in [0, 0.1) is 12.4 Å². The Bertz CT molecular complexity index is 1120. The van der Waals surface area contributed by atoms with Gasteiger partial charge in [-0.05, 0) is 36.8 Å². The predicted molar refractivity (Wildman–Crippen MR) is 98.9 cm³/mol. The Morgan fingerprint density at radius 3 is 2.55 bits per heavy atom. The third-order valence-corrected chi connectivity index (χ3v) is 4.66.